The maximum Gasteiger partial charge on any atom is 0.0541 e. The summed E-state index contributed by atoms with van der Waals surface area (Å²) < 4.78 is 4.87. The van der Waals surface area contributed by atoms with Crippen LogP contribution in [0.3, 0.4) is 0 Å². The molecule has 10 rings (SSSR count). The summed E-state index contributed by atoms with van der Waals surface area (Å²) in [5, 5.41) is 6.44. The maximum atomic E-state index is 2.46. The van der Waals surface area contributed by atoms with Gasteiger partial charge >= 0.3 is 0 Å². The lowest BCUT2D eigenvalue weighted by atomic mass is 9.78. The number of allylic oxidation sites excluding steroid dienone is 1. The third-order valence-electron chi connectivity index (χ3n) is 10.7. The normalized spacial score (nSPS) is 15.8. The summed E-state index contributed by atoms with van der Waals surface area (Å²) in [6.45, 7) is 2.41. The van der Waals surface area contributed by atoms with E-state index in [0.29, 0.717) is 5.92 Å². The molecule has 1 aliphatic rings. The molecule has 7 aromatic carbocycles. The summed E-state index contributed by atoms with van der Waals surface area (Å²) in [7, 11) is 0. The molecule has 232 valence electrons. The molecule has 0 amide bonds. The van der Waals surface area contributed by atoms with Gasteiger partial charge in [0.15, 0.2) is 0 Å². The van der Waals surface area contributed by atoms with E-state index in [0.717, 1.165) is 0 Å². The van der Waals surface area contributed by atoms with Gasteiger partial charge in [-0.3, -0.25) is 0 Å². The van der Waals surface area contributed by atoms with Crippen LogP contribution in [0.5, 0.6) is 0 Å². The molecule has 0 radical (unpaired) electrons. The fourth-order valence-corrected chi connectivity index (χ4v) is 8.37. The van der Waals surface area contributed by atoms with Crippen LogP contribution in [-0.2, 0) is 0 Å². The Labute approximate surface area is 285 Å². The van der Waals surface area contributed by atoms with E-state index in [1.165, 1.54) is 82.8 Å². The van der Waals surface area contributed by atoms with Crippen molar-refractivity contribution in [2.24, 2.45) is 0 Å². The zero-order chi connectivity index (χ0) is 32.5. The van der Waals surface area contributed by atoms with E-state index in [4.69, 9.17) is 0 Å². The van der Waals surface area contributed by atoms with Crippen molar-refractivity contribution >= 4 is 49.6 Å². The third kappa shape index (κ3) is 4.34. The van der Waals surface area contributed by atoms with Crippen LogP contribution in [-0.4, -0.2) is 9.13 Å². The molecule has 2 nitrogen and oxygen atoms in total. The van der Waals surface area contributed by atoms with Gasteiger partial charge in [-0.1, -0.05) is 128 Å². The molecule has 0 bridgehead atoms. The minimum Gasteiger partial charge on any atom is -0.310 e. The van der Waals surface area contributed by atoms with Crippen molar-refractivity contribution in [1.29, 1.82) is 0 Å². The monoisotopic (exact) mass is 626 g/mol. The first-order chi connectivity index (χ1) is 24.2. The predicted octanol–water partition coefficient (Wildman–Crippen LogP) is 12.5. The summed E-state index contributed by atoms with van der Waals surface area (Å²) in [6.07, 6.45) is 4.81. The van der Waals surface area contributed by atoms with Crippen molar-refractivity contribution in [3.63, 3.8) is 0 Å². The fraction of sp³-hybridized carbons (Fsp3) is 0.0638. The van der Waals surface area contributed by atoms with E-state index in [2.05, 4.69) is 192 Å². The minimum absolute atomic E-state index is 0.264. The Bertz CT molecular complexity index is 2720. The van der Waals surface area contributed by atoms with Crippen LogP contribution in [0.25, 0.3) is 72.1 Å². The summed E-state index contributed by atoms with van der Waals surface area (Å²) in [6, 6.07) is 59.9. The van der Waals surface area contributed by atoms with Gasteiger partial charge < -0.3 is 9.13 Å². The first-order valence-electron chi connectivity index (χ1n) is 17.2. The van der Waals surface area contributed by atoms with Crippen molar-refractivity contribution in [2.45, 2.75) is 18.8 Å². The van der Waals surface area contributed by atoms with E-state index in [1.807, 2.05) is 0 Å². The molecular weight excluding hydrogens is 593 g/mol. The summed E-state index contributed by atoms with van der Waals surface area (Å²) in [4.78, 5) is 0. The zero-order valence-electron chi connectivity index (χ0n) is 27.3. The lowest BCUT2D eigenvalue weighted by Crippen LogP contribution is -2.12. The van der Waals surface area contributed by atoms with Crippen LogP contribution < -0.4 is 0 Å². The van der Waals surface area contributed by atoms with Crippen molar-refractivity contribution < 1.29 is 0 Å². The summed E-state index contributed by atoms with van der Waals surface area (Å²) in [5.41, 5.74) is 12.6. The second-order valence-corrected chi connectivity index (χ2v) is 13.4. The van der Waals surface area contributed by atoms with Crippen molar-refractivity contribution in [2.75, 3.05) is 0 Å². The van der Waals surface area contributed by atoms with Crippen LogP contribution in [0, 0.1) is 0 Å². The smallest absolute Gasteiger partial charge is 0.0541 e. The number of para-hydroxylation sites is 2. The molecule has 0 aliphatic heterocycles. The van der Waals surface area contributed by atoms with E-state index in [1.54, 1.807) is 0 Å². The zero-order valence-corrected chi connectivity index (χ0v) is 27.3. The Morgan fingerprint density at radius 1 is 0.449 bits per heavy atom. The van der Waals surface area contributed by atoms with Crippen LogP contribution in [0.2, 0.25) is 0 Å². The molecule has 0 spiro atoms. The average Bonchev–Trinajstić information content (AvgIpc) is 3.68. The second kappa shape index (κ2) is 11.0. The molecule has 0 saturated heterocycles. The predicted molar refractivity (Wildman–Crippen MR) is 207 cm³/mol. The molecule has 0 fully saturated rings. The molecule has 2 atom stereocenters. The quantitative estimate of drug-likeness (QED) is 0.184. The Balaban J connectivity index is 1.08. The standard InChI is InChI=1S/C47H34N2/c1-31-39(26-28-46-47(31)41-16-8-10-18-44(41)49(46)38-25-21-33-13-5-6-14-35(33)29-38)36-22-27-45-42(30-36)40-15-7-9-17-43(40)48(45)37-23-19-34(20-24-37)32-11-3-2-4-12-32/h2-31,39H,1H3. The number of nitrogens with zero attached hydrogens (tertiary/aromatic N) is 2. The van der Waals surface area contributed by atoms with Crippen molar-refractivity contribution in [1.82, 2.24) is 9.13 Å². The summed E-state index contributed by atoms with van der Waals surface area (Å²) in [5.74, 6) is 0.572. The number of rotatable bonds is 4. The van der Waals surface area contributed by atoms with Crippen LogP contribution in [0.4, 0.5) is 0 Å². The van der Waals surface area contributed by atoms with E-state index >= 15 is 0 Å². The molecule has 2 heteroatoms. The number of hydrogen-bond donors (Lipinski definition) is 0. The largest absolute Gasteiger partial charge is 0.310 e. The molecule has 1 aliphatic carbocycles. The number of fused-ring (bicyclic) bond motifs is 7. The van der Waals surface area contributed by atoms with Gasteiger partial charge in [-0.05, 0) is 93.6 Å². The highest BCUT2D eigenvalue weighted by atomic mass is 15.0. The number of hydrogen-bond acceptors (Lipinski definition) is 0. The van der Waals surface area contributed by atoms with Crippen molar-refractivity contribution in [3.8, 4) is 22.5 Å². The van der Waals surface area contributed by atoms with E-state index in [9.17, 15) is 0 Å². The fourth-order valence-electron chi connectivity index (χ4n) is 8.37. The Hall–Kier alpha value is -6.12. The second-order valence-electron chi connectivity index (χ2n) is 13.4. The number of benzene rings is 7. The molecule has 49 heavy (non-hydrogen) atoms. The minimum atomic E-state index is 0.264. The van der Waals surface area contributed by atoms with Gasteiger partial charge in [-0.25, -0.2) is 0 Å². The average molecular weight is 627 g/mol. The highest BCUT2D eigenvalue weighted by Gasteiger charge is 2.30. The maximum absolute atomic E-state index is 2.46. The van der Waals surface area contributed by atoms with Crippen LogP contribution >= 0.6 is 0 Å². The van der Waals surface area contributed by atoms with E-state index in [-0.39, 0.29) is 5.92 Å². The lowest BCUT2D eigenvalue weighted by molar-refractivity contribution is 0.672. The Kier molecular flexibility index (Phi) is 6.25. The molecule has 0 N–H and O–H groups in total. The van der Waals surface area contributed by atoms with Crippen molar-refractivity contribution in [3.05, 3.63) is 187 Å². The lowest BCUT2D eigenvalue weighted by Gasteiger charge is -2.27. The first kappa shape index (κ1) is 27.9. The van der Waals surface area contributed by atoms with Gasteiger partial charge in [0.25, 0.3) is 0 Å². The third-order valence-corrected chi connectivity index (χ3v) is 10.7. The highest BCUT2D eigenvalue weighted by molar-refractivity contribution is 6.09. The molecule has 2 aromatic heterocycles. The Morgan fingerprint density at radius 3 is 1.90 bits per heavy atom. The van der Waals surface area contributed by atoms with Gasteiger partial charge in [-0.2, -0.15) is 0 Å². The Morgan fingerprint density at radius 2 is 1.08 bits per heavy atom. The number of aromatic nitrogens is 2. The topological polar surface area (TPSA) is 9.86 Å². The highest BCUT2D eigenvalue weighted by Crippen LogP contribution is 2.47. The molecular formula is C47H34N2. The van der Waals surface area contributed by atoms with Crippen LogP contribution in [0.1, 0.15) is 35.6 Å². The molecule has 0 saturated carbocycles. The first-order valence-corrected chi connectivity index (χ1v) is 17.2. The molecule has 9 aromatic rings. The molecule has 2 unspecified atom stereocenters. The van der Waals surface area contributed by atoms with E-state index < -0.39 is 0 Å². The van der Waals surface area contributed by atoms with Gasteiger partial charge in [0.2, 0.25) is 0 Å². The summed E-state index contributed by atoms with van der Waals surface area (Å²) >= 11 is 0. The van der Waals surface area contributed by atoms with Gasteiger partial charge in [0.05, 0.1) is 22.2 Å². The molecule has 2 heterocycles. The van der Waals surface area contributed by atoms with Crippen LogP contribution in [0.15, 0.2) is 170 Å². The van der Waals surface area contributed by atoms with Gasteiger partial charge in [0, 0.05) is 33.5 Å². The SMILES string of the molecule is CC1c2c(n(-c3ccc4ccccc4c3)c3ccccc23)C=CC1c1ccc2c(c1)c1ccccc1n2-c1ccc(-c2ccccc2)cc1. The van der Waals surface area contributed by atoms with Gasteiger partial charge in [-0.15, -0.1) is 0 Å². The van der Waals surface area contributed by atoms with Gasteiger partial charge in [0.1, 0.15) is 0 Å².